The highest BCUT2D eigenvalue weighted by molar-refractivity contribution is 5.95. The van der Waals surface area contributed by atoms with Crippen LogP contribution in [0, 0.1) is 17.8 Å². The fourth-order valence-corrected chi connectivity index (χ4v) is 6.30. The third kappa shape index (κ3) is 4.42. The molecule has 4 saturated carbocycles. The SMILES string of the molecule is COC(=O)NC(C)(C)C=Cn1ncc(C(=O)NC2C3CC4CC2CC(O)(C4)C3)c1C(C)C. The van der Waals surface area contributed by atoms with E-state index >= 15 is 0 Å². The number of rotatable bonds is 6. The van der Waals surface area contributed by atoms with Crippen molar-refractivity contribution in [2.45, 2.75) is 82.9 Å². The normalized spacial score (nSPS) is 31.3. The molecule has 1 heterocycles. The van der Waals surface area contributed by atoms with Crippen molar-refractivity contribution in [1.29, 1.82) is 0 Å². The van der Waals surface area contributed by atoms with Gasteiger partial charge in [-0.05, 0) is 75.7 Å². The third-order valence-electron chi connectivity index (χ3n) is 7.41. The van der Waals surface area contributed by atoms with Crippen LogP contribution in [0.3, 0.4) is 0 Å². The molecular formula is C24H36N4O4. The highest BCUT2D eigenvalue weighted by Crippen LogP contribution is 2.55. The van der Waals surface area contributed by atoms with Crippen molar-refractivity contribution in [3.05, 3.63) is 23.5 Å². The molecule has 4 aliphatic carbocycles. The van der Waals surface area contributed by atoms with Gasteiger partial charge in [0.1, 0.15) is 0 Å². The van der Waals surface area contributed by atoms with Gasteiger partial charge in [-0.2, -0.15) is 5.10 Å². The van der Waals surface area contributed by atoms with E-state index in [1.807, 2.05) is 33.8 Å². The Morgan fingerprint density at radius 2 is 1.94 bits per heavy atom. The monoisotopic (exact) mass is 444 g/mol. The van der Waals surface area contributed by atoms with Crippen LogP contribution in [0.5, 0.6) is 0 Å². The molecule has 176 valence electrons. The second kappa shape index (κ2) is 8.21. The Bertz CT molecular complexity index is 903. The van der Waals surface area contributed by atoms with Gasteiger partial charge < -0.3 is 20.5 Å². The number of nitrogens with one attached hydrogen (secondary N) is 2. The first-order valence-corrected chi connectivity index (χ1v) is 11.7. The van der Waals surface area contributed by atoms with Crippen LogP contribution in [-0.2, 0) is 4.74 Å². The average Bonchev–Trinajstić information content (AvgIpc) is 3.12. The molecule has 2 atom stereocenters. The molecule has 32 heavy (non-hydrogen) atoms. The summed E-state index contributed by atoms with van der Waals surface area (Å²) < 4.78 is 6.39. The number of ether oxygens (including phenoxy) is 1. The van der Waals surface area contributed by atoms with Crippen molar-refractivity contribution in [1.82, 2.24) is 20.4 Å². The van der Waals surface area contributed by atoms with E-state index in [0.717, 1.165) is 37.8 Å². The molecule has 5 rings (SSSR count). The lowest BCUT2D eigenvalue weighted by Gasteiger charge is -2.58. The van der Waals surface area contributed by atoms with Crippen molar-refractivity contribution in [2.75, 3.05) is 7.11 Å². The minimum Gasteiger partial charge on any atom is -0.453 e. The molecule has 0 aromatic carbocycles. The maximum atomic E-state index is 13.3. The summed E-state index contributed by atoms with van der Waals surface area (Å²) in [5.41, 5.74) is 0.253. The molecule has 0 radical (unpaired) electrons. The van der Waals surface area contributed by atoms with Gasteiger partial charge >= 0.3 is 6.09 Å². The molecule has 8 heteroatoms. The maximum Gasteiger partial charge on any atom is 0.407 e. The molecule has 1 aromatic heterocycles. The first-order chi connectivity index (χ1) is 15.0. The van der Waals surface area contributed by atoms with Crippen LogP contribution in [0.1, 0.15) is 81.8 Å². The lowest BCUT2D eigenvalue weighted by Crippen LogP contribution is -2.61. The number of hydrogen-bond acceptors (Lipinski definition) is 5. The fourth-order valence-electron chi connectivity index (χ4n) is 6.30. The summed E-state index contributed by atoms with van der Waals surface area (Å²) in [6, 6.07) is 0.126. The Morgan fingerprint density at radius 1 is 1.28 bits per heavy atom. The number of aromatic nitrogens is 2. The zero-order chi connectivity index (χ0) is 23.3. The van der Waals surface area contributed by atoms with Crippen LogP contribution >= 0.6 is 0 Å². The van der Waals surface area contributed by atoms with Gasteiger partial charge in [-0.25, -0.2) is 9.48 Å². The van der Waals surface area contributed by atoms with E-state index in [-0.39, 0.29) is 17.9 Å². The molecule has 4 aliphatic rings. The Kier molecular flexibility index (Phi) is 5.86. The zero-order valence-electron chi connectivity index (χ0n) is 19.7. The highest BCUT2D eigenvalue weighted by atomic mass is 16.5. The van der Waals surface area contributed by atoms with Gasteiger partial charge in [0, 0.05) is 12.2 Å². The molecule has 4 bridgehead atoms. The van der Waals surface area contributed by atoms with Gasteiger partial charge in [0.2, 0.25) is 0 Å². The van der Waals surface area contributed by atoms with Crippen LogP contribution in [-0.4, -0.2) is 51.2 Å². The topological polar surface area (TPSA) is 105 Å². The fraction of sp³-hybridized carbons (Fsp3) is 0.708. The number of carbonyl (C=O) groups is 2. The summed E-state index contributed by atoms with van der Waals surface area (Å²) >= 11 is 0. The maximum absolute atomic E-state index is 13.3. The Hall–Kier alpha value is -2.35. The van der Waals surface area contributed by atoms with E-state index in [0.29, 0.717) is 23.3 Å². The van der Waals surface area contributed by atoms with E-state index < -0.39 is 17.2 Å². The minimum absolute atomic E-state index is 0.0822. The van der Waals surface area contributed by atoms with Crippen molar-refractivity contribution in [3.63, 3.8) is 0 Å². The summed E-state index contributed by atoms with van der Waals surface area (Å²) in [7, 11) is 1.33. The quantitative estimate of drug-likeness (QED) is 0.624. The summed E-state index contributed by atoms with van der Waals surface area (Å²) in [5.74, 6) is 1.31. The standard InChI is InChI=1S/C24H36N4O4/c1-14(2)20-18(13-25-28(20)7-6-23(3,4)27-22(30)32-5)21(29)26-19-16-8-15-9-17(19)12-24(31,10-15)11-16/h6-7,13-17,19,31H,8-12H2,1-5H3,(H,26,29)(H,27,30). The highest BCUT2D eigenvalue weighted by Gasteiger charge is 2.55. The van der Waals surface area contributed by atoms with Gasteiger partial charge in [-0.3, -0.25) is 4.79 Å². The Balaban J connectivity index is 1.51. The molecule has 3 N–H and O–H groups in total. The summed E-state index contributed by atoms with van der Waals surface area (Å²) in [6.07, 6.45) is 9.44. The third-order valence-corrected chi connectivity index (χ3v) is 7.41. The number of carbonyl (C=O) groups excluding carboxylic acids is 2. The Morgan fingerprint density at radius 3 is 2.50 bits per heavy atom. The molecule has 0 aliphatic heterocycles. The van der Waals surface area contributed by atoms with E-state index in [1.54, 1.807) is 17.1 Å². The number of nitrogens with zero attached hydrogens (tertiary/aromatic N) is 2. The largest absolute Gasteiger partial charge is 0.453 e. The number of alkyl carbamates (subject to hydrolysis) is 1. The number of amides is 2. The van der Waals surface area contributed by atoms with Crippen LogP contribution in [0.15, 0.2) is 12.3 Å². The Labute approximate surface area is 189 Å². The lowest BCUT2D eigenvalue weighted by atomic mass is 9.52. The van der Waals surface area contributed by atoms with E-state index in [2.05, 4.69) is 20.5 Å². The molecule has 1 aromatic rings. The van der Waals surface area contributed by atoms with Gasteiger partial charge in [0.25, 0.3) is 5.91 Å². The van der Waals surface area contributed by atoms with Gasteiger partial charge in [0.05, 0.1) is 35.7 Å². The zero-order valence-corrected chi connectivity index (χ0v) is 19.7. The number of hydrogen-bond donors (Lipinski definition) is 3. The van der Waals surface area contributed by atoms with Gasteiger partial charge in [-0.1, -0.05) is 13.8 Å². The van der Waals surface area contributed by atoms with Crippen LogP contribution in [0.2, 0.25) is 0 Å². The molecular weight excluding hydrogens is 408 g/mol. The van der Waals surface area contributed by atoms with E-state index in [4.69, 9.17) is 0 Å². The molecule has 4 fully saturated rings. The second-order valence-electron chi connectivity index (χ2n) is 10.9. The molecule has 0 spiro atoms. The number of methoxy groups -OCH3 is 1. The van der Waals surface area contributed by atoms with Crippen molar-refractivity contribution in [2.24, 2.45) is 17.8 Å². The van der Waals surface area contributed by atoms with Crippen LogP contribution < -0.4 is 10.6 Å². The minimum atomic E-state index is -0.643. The first kappa shape index (κ1) is 22.8. The van der Waals surface area contributed by atoms with Crippen molar-refractivity contribution >= 4 is 18.2 Å². The van der Waals surface area contributed by atoms with E-state index in [1.165, 1.54) is 7.11 Å². The lowest BCUT2D eigenvalue weighted by molar-refractivity contribution is -0.136. The van der Waals surface area contributed by atoms with E-state index in [9.17, 15) is 14.7 Å². The van der Waals surface area contributed by atoms with Crippen molar-refractivity contribution < 1.29 is 19.4 Å². The van der Waals surface area contributed by atoms with Crippen molar-refractivity contribution in [3.8, 4) is 0 Å². The number of aliphatic hydroxyl groups is 1. The summed E-state index contributed by atoms with van der Waals surface area (Å²) in [6.45, 7) is 7.78. The predicted octanol–water partition coefficient (Wildman–Crippen LogP) is 3.28. The smallest absolute Gasteiger partial charge is 0.407 e. The van der Waals surface area contributed by atoms with Crippen LogP contribution in [0.25, 0.3) is 6.20 Å². The predicted molar refractivity (Wildman–Crippen MR) is 121 cm³/mol. The molecule has 0 saturated heterocycles. The summed E-state index contributed by atoms with van der Waals surface area (Å²) in [4.78, 5) is 24.9. The molecule has 2 unspecified atom stereocenters. The average molecular weight is 445 g/mol. The summed E-state index contributed by atoms with van der Waals surface area (Å²) in [5, 5.41) is 21.3. The van der Waals surface area contributed by atoms with Gasteiger partial charge in [0.15, 0.2) is 0 Å². The van der Waals surface area contributed by atoms with Crippen LogP contribution in [0.4, 0.5) is 4.79 Å². The molecule has 2 amide bonds. The molecule has 8 nitrogen and oxygen atoms in total. The second-order valence-corrected chi connectivity index (χ2v) is 10.9. The van der Waals surface area contributed by atoms with Gasteiger partial charge in [-0.15, -0.1) is 0 Å². The first-order valence-electron chi connectivity index (χ1n) is 11.7.